The van der Waals surface area contributed by atoms with Crippen molar-refractivity contribution in [3.05, 3.63) is 48.0 Å². The monoisotopic (exact) mass is 459 g/mol. The molecule has 4 rings (SSSR count). The lowest BCUT2D eigenvalue weighted by atomic mass is 10.1. The molecule has 0 unspecified atom stereocenters. The average molecular weight is 460 g/mol. The third kappa shape index (κ3) is 4.99. The average Bonchev–Trinajstić information content (AvgIpc) is 2.84. The van der Waals surface area contributed by atoms with Crippen LogP contribution in [0.1, 0.15) is 29.6 Å². The highest BCUT2D eigenvalue weighted by Crippen LogP contribution is 2.27. The number of ether oxygens (including phenoxy) is 2. The summed E-state index contributed by atoms with van der Waals surface area (Å²) in [5.74, 6) is 0.169. The molecule has 2 aliphatic rings. The van der Waals surface area contributed by atoms with Crippen molar-refractivity contribution >= 4 is 27.3 Å². The van der Waals surface area contributed by atoms with E-state index < -0.39 is 10.0 Å². The van der Waals surface area contributed by atoms with Crippen molar-refractivity contribution in [2.75, 3.05) is 56.1 Å². The predicted molar refractivity (Wildman–Crippen MR) is 123 cm³/mol. The Morgan fingerprint density at radius 1 is 0.969 bits per heavy atom. The van der Waals surface area contributed by atoms with Crippen molar-refractivity contribution < 1.29 is 22.7 Å². The molecular weight excluding hydrogens is 430 g/mol. The van der Waals surface area contributed by atoms with Gasteiger partial charge >= 0.3 is 0 Å². The minimum Gasteiger partial charge on any atom is -0.496 e. The number of carbonyl (C=O) groups excluding carboxylic acids is 1. The number of rotatable bonds is 6. The fourth-order valence-corrected chi connectivity index (χ4v) is 5.15. The Morgan fingerprint density at radius 3 is 2.31 bits per heavy atom. The number of sulfonamides is 1. The molecule has 2 aliphatic heterocycles. The highest BCUT2D eigenvalue weighted by atomic mass is 32.2. The van der Waals surface area contributed by atoms with Crippen molar-refractivity contribution in [3.63, 3.8) is 0 Å². The zero-order chi connectivity index (χ0) is 22.6. The summed E-state index contributed by atoms with van der Waals surface area (Å²) in [6.45, 7) is 4.34. The number of amides is 1. The minimum absolute atomic E-state index is 0.0240. The first-order chi connectivity index (χ1) is 15.5. The number of benzene rings is 2. The summed E-state index contributed by atoms with van der Waals surface area (Å²) in [6, 6.07) is 11.7. The number of carbonyl (C=O) groups is 1. The third-order valence-electron chi connectivity index (χ3n) is 5.85. The maximum atomic E-state index is 13.0. The number of hydrogen-bond acceptors (Lipinski definition) is 6. The summed E-state index contributed by atoms with van der Waals surface area (Å²) in [5, 5.41) is 0. The van der Waals surface area contributed by atoms with Gasteiger partial charge in [-0.15, -0.1) is 0 Å². The third-order valence-corrected chi connectivity index (χ3v) is 7.23. The Morgan fingerprint density at radius 2 is 1.66 bits per heavy atom. The molecule has 2 aromatic carbocycles. The molecule has 2 aromatic rings. The quantitative estimate of drug-likeness (QED) is 0.715. The Balaban J connectivity index is 1.53. The summed E-state index contributed by atoms with van der Waals surface area (Å²) in [6.07, 6.45) is 3.01. The molecule has 0 aliphatic carbocycles. The second kappa shape index (κ2) is 9.79. The van der Waals surface area contributed by atoms with Crippen molar-refractivity contribution in [2.45, 2.75) is 24.2 Å². The van der Waals surface area contributed by atoms with Crippen LogP contribution in [0.25, 0.3) is 0 Å². The van der Waals surface area contributed by atoms with E-state index in [9.17, 15) is 13.2 Å². The Bertz CT molecular complexity index is 1040. The van der Waals surface area contributed by atoms with Crippen molar-refractivity contribution in [2.24, 2.45) is 0 Å². The summed E-state index contributed by atoms with van der Waals surface area (Å²) in [4.78, 5) is 17.0. The van der Waals surface area contributed by atoms with Gasteiger partial charge in [0.2, 0.25) is 0 Å². The van der Waals surface area contributed by atoms with Crippen LogP contribution in [0.5, 0.6) is 5.75 Å². The van der Waals surface area contributed by atoms with Gasteiger partial charge < -0.3 is 19.3 Å². The standard InChI is InChI=1S/C23H29N3O5S/c1-30-22-10-9-20(17-21(22)23(27)26-11-3-2-4-12-26)32(28,29)24-18-5-7-19(8-6-18)25-13-15-31-16-14-25/h5-10,17,24H,2-4,11-16H2,1H3. The Kier molecular flexibility index (Phi) is 6.86. The Hall–Kier alpha value is -2.78. The van der Waals surface area contributed by atoms with Crippen molar-refractivity contribution in [1.82, 2.24) is 4.90 Å². The molecule has 0 atom stereocenters. The zero-order valence-corrected chi connectivity index (χ0v) is 19.1. The highest BCUT2D eigenvalue weighted by Gasteiger charge is 2.24. The van der Waals surface area contributed by atoms with E-state index in [4.69, 9.17) is 9.47 Å². The molecule has 2 saturated heterocycles. The molecule has 0 spiro atoms. The summed E-state index contributed by atoms with van der Waals surface area (Å²) in [5.41, 5.74) is 1.75. The number of piperidine rings is 1. The lowest BCUT2D eigenvalue weighted by Crippen LogP contribution is -2.36. The molecule has 0 bridgehead atoms. The summed E-state index contributed by atoms with van der Waals surface area (Å²) >= 11 is 0. The van der Waals surface area contributed by atoms with Gasteiger partial charge in [-0.1, -0.05) is 0 Å². The fraction of sp³-hybridized carbons (Fsp3) is 0.435. The number of nitrogens with one attached hydrogen (secondary N) is 1. The lowest BCUT2D eigenvalue weighted by Gasteiger charge is -2.29. The van der Waals surface area contributed by atoms with E-state index in [1.807, 2.05) is 12.1 Å². The lowest BCUT2D eigenvalue weighted by molar-refractivity contribution is 0.0720. The second-order valence-corrected chi connectivity index (χ2v) is 9.65. The number of methoxy groups -OCH3 is 1. The van der Waals surface area contributed by atoms with E-state index in [0.29, 0.717) is 37.7 Å². The maximum Gasteiger partial charge on any atom is 0.261 e. The zero-order valence-electron chi connectivity index (χ0n) is 18.2. The van der Waals surface area contributed by atoms with E-state index in [1.165, 1.54) is 25.3 Å². The van der Waals surface area contributed by atoms with Crippen LogP contribution in [0.4, 0.5) is 11.4 Å². The number of morpholine rings is 1. The Labute approximate surface area is 189 Å². The van der Waals surface area contributed by atoms with Crippen LogP contribution in [0.2, 0.25) is 0 Å². The van der Waals surface area contributed by atoms with Crippen molar-refractivity contribution in [1.29, 1.82) is 0 Å². The van der Waals surface area contributed by atoms with Gasteiger partial charge in [-0.05, 0) is 61.7 Å². The van der Waals surface area contributed by atoms with E-state index in [-0.39, 0.29) is 16.4 Å². The highest BCUT2D eigenvalue weighted by molar-refractivity contribution is 7.92. The van der Waals surface area contributed by atoms with E-state index in [1.54, 1.807) is 17.0 Å². The van der Waals surface area contributed by atoms with Crippen LogP contribution in [0, 0.1) is 0 Å². The van der Waals surface area contributed by atoms with E-state index in [2.05, 4.69) is 9.62 Å². The van der Waals surface area contributed by atoms with E-state index >= 15 is 0 Å². The first-order valence-corrected chi connectivity index (χ1v) is 12.4. The van der Waals surface area contributed by atoms with Gasteiger partial charge in [-0.2, -0.15) is 0 Å². The van der Waals surface area contributed by atoms with E-state index in [0.717, 1.165) is 38.0 Å². The van der Waals surface area contributed by atoms with Gasteiger partial charge in [0.25, 0.3) is 15.9 Å². The maximum absolute atomic E-state index is 13.0. The predicted octanol–water partition coefficient (Wildman–Crippen LogP) is 2.96. The second-order valence-electron chi connectivity index (χ2n) is 7.97. The molecule has 172 valence electrons. The summed E-state index contributed by atoms with van der Waals surface area (Å²) < 4.78 is 39.4. The first-order valence-electron chi connectivity index (χ1n) is 10.9. The van der Waals surface area contributed by atoms with Gasteiger partial charge in [-0.25, -0.2) is 8.42 Å². The number of likely N-dealkylation sites (tertiary alicyclic amines) is 1. The van der Waals surface area contributed by atoms with Crippen molar-refractivity contribution in [3.8, 4) is 5.75 Å². The largest absolute Gasteiger partial charge is 0.496 e. The smallest absolute Gasteiger partial charge is 0.261 e. The molecule has 1 N–H and O–H groups in total. The van der Waals surface area contributed by atoms with Gasteiger partial charge in [0.15, 0.2) is 0 Å². The fourth-order valence-electron chi connectivity index (χ4n) is 4.06. The number of nitrogens with zero attached hydrogens (tertiary/aromatic N) is 2. The molecule has 0 aromatic heterocycles. The van der Waals surface area contributed by atoms with Gasteiger partial charge in [0.05, 0.1) is 30.8 Å². The molecule has 1 amide bonds. The number of anilines is 2. The SMILES string of the molecule is COc1ccc(S(=O)(=O)Nc2ccc(N3CCOCC3)cc2)cc1C(=O)N1CCCCC1. The normalized spacial score (nSPS) is 17.2. The van der Waals surface area contributed by atoms with Crippen LogP contribution in [0.3, 0.4) is 0 Å². The first kappa shape index (κ1) is 22.4. The molecule has 2 fully saturated rings. The molecule has 0 saturated carbocycles. The molecule has 2 heterocycles. The minimum atomic E-state index is -3.87. The van der Waals surface area contributed by atoms with Gasteiger partial charge in [-0.3, -0.25) is 9.52 Å². The molecular formula is C23H29N3O5S. The molecule has 9 heteroatoms. The van der Waals surface area contributed by atoms with Gasteiger partial charge in [0.1, 0.15) is 5.75 Å². The topological polar surface area (TPSA) is 88.2 Å². The van der Waals surface area contributed by atoms with Crippen LogP contribution in [-0.4, -0.2) is 65.7 Å². The van der Waals surface area contributed by atoms with Crippen LogP contribution >= 0.6 is 0 Å². The van der Waals surface area contributed by atoms with Crippen LogP contribution in [0.15, 0.2) is 47.4 Å². The summed E-state index contributed by atoms with van der Waals surface area (Å²) in [7, 11) is -2.40. The number of hydrogen-bond donors (Lipinski definition) is 1. The molecule has 0 radical (unpaired) electrons. The molecule has 32 heavy (non-hydrogen) atoms. The molecule has 8 nitrogen and oxygen atoms in total. The van der Waals surface area contributed by atoms with Gasteiger partial charge in [0, 0.05) is 37.6 Å². The van der Waals surface area contributed by atoms with Crippen LogP contribution in [-0.2, 0) is 14.8 Å². The van der Waals surface area contributed by atoms with Crippen LogP contribution < -0.4 is 14.4 Å².